The van der Waals surface area contributed by atoms with Crippen LogP contribution in [0.15, 0.2) is 37.1 Å². The second-order valence-corrected chi connectivity index (χ2v) is 4.98. The van der Waals surface area contributed by atoms with Crippen molar-refractivity contribution in [1.29, 1.82) is 0 Å². The number of hydrogen-bond acceptors (Lipinski definition) is 4. The molecule has 20 heavy (non-hydrogen) atoms. The summed E-state index contributed by atoms with van der Waals surface area (Å²) < 4.78 is 1.82. The number of aromatic nitrogens is 3. The van der Waals surface area contributed by atoms with Gasteiger partial charge in [-0.25, -0.2) is 9.97 Å². The number of amides is 1. The van der Waals surface area contributed by atoms with Crippen LogP contribution in [0.2, 0.25) is 0 Å². The van der Waals surface area contributed by atoms with Crippen LogP contribution in [0, 0.1) is 0 Å². The highest BCUT2D eigenvalue weighted by molar-refractivity contribution is 7.80. The zero-order valence-electron chi connectivity index (χ0n) is 10.9. The van der Waals surface area contributed by atoms with E-state index in [2.05, 4.69) is 15.3 Å². The molecule has 0 unspecified atom stereocenters. The van der Waals surface area contributed by atoms with Crippen LogP contribution >= 0.6 is 12.2 Å². The smallest absolute Gasteiger partial charge is 0.251 e. The van der Waals surface area contributed by atoms with Crippen LogP contribution in [0.5, 0.6) is 0 Å². The molecular formula is C13H13N5OS. The molecule has 1 atom stereocenters. The van der Waals surface area contributed by atoms with Gasteiger partial charge in [0, 0.05) is 18.6 Å². The van der Waals surface area contributed by atoms with Crippen molar-refractivity contribution in [3.05, 3.63) is 42.6 Å². The van der Waals surface area contributed by atoms with E-state index in [0.717, 1.165) is 11.4 Å². The third-order valence-corrected chi connectivity index (χ3v) is 3.48. The molecule has 1 aliphatic heterocycles. The molecule has 7 heteroatoms. The van der Waals surface area contributed by atoms with Crippen LogP contribution in [0.1, 0.15) is 12.5 Å². The summed E-state index contributed by atoms with van der Waals surface area (Å²) in [6, 6.07) is 3.57. The molecule has 0 spiro atoms. The van der Waals surface area contributed by atoms with Crippen molar-refractivity contribution in [2.24, 2.45) is 0 Å². The molecule has 2 aromatic rings. The third-order valence-electron chi connectivity index (χ3n) is 3.14. The van der Waals surface area contributed by atoms with Crippen molar-refractivity contribution >= 4 is 23.2 Å². The van der Waals surface area contributed by atoms with Gasteiger partial charge in [-0.05, 0) is 30.8 Å². The first kappa shape index (κ1) is 12.7. The number of thiocarbonyl (C=S) groups is 1. The third kappa shape index (κ3) is 2.27. The summed E-state index contributed by atoms with van der Waals surface area (Å²) in [5.74, 6) is 0.779. The van der Waals surface area contributed by atoms with Crippen molar-refractivity contribution in [3.8, 4) is 5.82 Å². The number of nitrogens with one attached hydrogen (secondary N) is 1. The van der Waals surface area contributed by atoms with Gasteiger partial charge in [-0.2, -0.15) is 0 Å². The summed E-state index contributed by atoms with van der Waals surface area (Å²) >= 11 is 5.15. The van der Waals surface area contributed by atoms with E-state index >= 15 is 0 Å². The molecule has 1 N–H and O–H groups in total. The van der Waals surface area contributed by atoms with Gasteiger partial charge in [0.25, 0.3) is 5.91 Å². The van der Waals surface area contributed by atoms with E-state index < -0.39 is 0 Å². The fourth-order valence-electron chi connectivity index (χ4n) is 2.05. The Hall–Kier alpha value is -2.28. The summed E-state index contributed by atoms with van der Waals surface area (Å²) in [5, 5.41) is 3.42. The predicted octanol–water partition coefficient (Wildman–Crippen LogP) is 0.873. The maximum atomic E-state index is 11.9. The summed E-state index contributed by atoms with van der Waals surface area (Å²) in [6.45, 7) is 2.24. The van der Waals surface area contributed by atoms with Crippen LogP contribution < -0.4 is 5.32 Å². The van der Waals surface area contributed by atoms with Crippen LogP contribution in [-0.2, 0) is 11.3 Å². The first-order valence-corrected chi connectivity index (χ1v) is 6.61. The Morgan fingerprint density at radius 3 is 2.85 bits per heavy atom. The zero-order valence-corrected chi connectivity index (χ0v) is 11.7. The van der Waals surface area contributed by atoms with Gasteiger partial charge in [0.05, 0.1) is 6.54 Å². The highest BCUT2D eigenvalue weighted by atomic mass is 32.1. The van der Waals surface area contributed by atoms with E-state index in [9.17, 15) is 4.79 Å². The number of carbonyl (C=O) groups excluding carboxylic acids is 1. The van der Waals surface area contributed by atoms with Gasteiger partial charge in [0.15, 0.2) is 5.11 Å². The van der Waals surface area contributed by atoms with Gasteiger partial charge < -0.3 is 5.32 Å². The number of nitrogens with zero attached hydrogens (tertiary/aromatic N) is 4. The minimum Gasteiger partial charge on any atom is -0.351 e. The van der Waals surface area contributed by atoms with Crippen LogP contribution in [0.4, 0.5) is 0 Å². The minimum absolute atomic E-state index is 0.00585. The van der Waals surface area contributed by atoms with Crippen molar-refractivity contribution in [2.45, 2.75) is 19.5 Å². The summed E-state index contributed by atoms with van der Waals surface area (Å²) in [5.41, 5.74) is 0.931. The lowest BCUT2D eigenvalue weighted by Crippen LogP contribution is -2.30. The fourth-order valence-corrected chi connectivity index (χ4v) is 2.38. The van der Waals surface area contributed by atoms with E-state index in [-0.39, 0.29) is 11.9 Å². The van der Waals surface area contributed by atoms with Gasteiger partial charge in [-0.1, -0.05) is 6.07 Å². The van der Waals surface area contributed by atoms with Crippen LogP contribution in [-0.4, -0.2) is 36.5 Å². The van der Waals surface area contributed by atoms with Crippen molar-refractivity contribution in [1.82, 2.24) is 24.8 Å². The SMILES string of the molecule is C[C@H]1NC(=S)N(Cc2ccc(-n3ccnc3)nc2)C1=O. The Morgan fingerprint density at radius 2 is 2.30 bits per heavy atom. The van der Waals surface area contributed by atoms with Gasteiger partial charge in [0.2, 0.25) is 0 Å². The normalized spacial score (nSPS) is 18.4. The number of imidazole rings is 1. The van der Waals surface area contributed by atoms with Gasteiger partial charge >= 0.3 is 0 Å². The van der Waals surface area contributed by atoms with E-state index in [4.69, 9.17) is 12.2 Å². The number of pyridine rings is 1. The van der Waals surface area contributed by atoms with E-state index in [1.807, 2.05) is 22.9 Å². The molecule has 0 saturated carbocycles. The Bertz CT molecular complexity index is 637. The zero-order chi connectivity index (χ0) is 14.1. The average Bonchev–Trinajstić information content (AvgIpc) is 3.05. The molecule has 0 radical (unpaired) electrons. The Balaban J connectivity index is 1.76. The lowest BCUT2D eigenvalue weighted by Gasteiger charge is -2.14. The van der Waals surface area contributed by atoms with Crippen molar-refractivity contribution in [3.63, 3.8) is 0 Å². The van der Waals surface area contributed by atoms with Gasteiger partial charge in [-0.3, -0.25) is 14.3 Å². The van der Waals surface area contributed by atoms with Crippen molar-refractivity contribution < 1.29 is 4.79 Å². The maximum absolute atomic E-state index is 11.9. The molecule has 2 aromatic heterocycles. The molecule has 0 aliphatic carbocycles. The van der Waals surface area contributed by atoms with Gasteiger partial charge in [-0.15, -0.1) is 0 Å². The molecule has 6 nitrogen and oxygen atoms in total. The predicted molar refractivity (Wildman–Crippen MR) is 77.1 cm³/mol. The molecule has 0 aromatic carbocycles. The monoisotopic (exact) mass is 287 g/mol. The Morgan fingerprint density at radius 1 is 1.45 bits per heavy atom. The standard InChI is InChI=1S/C13H13N5OS/c1-9-12(19)18(13(20)16-9)7-10-2-3-11(15-6-10)17-5-4-14-8-17/h2-6,8-9H,7H2,1H3,(H,16,20)/t9-/m1/s1. The maximum Gasteiger partial charge on any atom is 0.251 e. The molecule has 3 rings (SSSR count). The minimum atomic E-state index is -0.249. The average molecular weight is 287 g/mol. The second kappa shape index (κ2) is 5.01. The van der Waals surface area contributed by atoms with E-state index in [0.29, 0.717) is 11.7 Å². The number of hydrogen-bond donors (Lipinski definition) is 1. The molecule has 3 heterocycles. The van der Waals surface area contributed by atoms with Gasteiger partial charge in [0.1, 0.15) is 18.2 Å². The van der Waals surface area contributed by atoms with E-state index in [1.54, 1.807) is 30.5 Å². The topological polar surface area (TPSA) is 63.1 Å². The van der Waals surface area contributed by atoms with Crippen LogP contribution in [0.3, 0.4) is 0 Å². The summed E-state index contributed by atoms with van der Waals surface area (Å²) in [4.78, 5) is 21.8. The van der Waals surface area contributed by atoms with Crippen LogP contribution in [0.25, 0.3) is 5.82 Å². The van der Waals surface area contributed by atoms with E-state index in [1.165, 1.54) is 0 Å². The highest BCUT2D eigenvalue weighted by Gasteiger charge is 2.31. The second-order valence-electron chi connectivity index (χ2n) is 4.59. The number of carbonyl (C=O) groups is 1. The summed E-state index contributed by atoms with van der Waals surface area (Å²) in [7, 11) is 0. The van der Waals surface area contributed by atoms with Crippen molar-refractivity contribution in [2.75, 3.05) is 0 Å². The first-order valence-electron chi connectivity index (χ1n) is 6.20. The largest absolute Gasteiger partial charge is 0.351 e. The first-order chi connectivity index (χ1) is 9.65. The quantitative estimate of drug-likeness (QED) is 0.849. The number of rotatable bonds is 3. The molecule has 102 valence electrons. The Kier molecular flexibility index (Phi) is 3.19. The molecule has 1 saturated heterocycles. The highest BCUT2D eigenvalue weighted by Crippen LogP contribution is 2.12. The lowest BCUT2D eigenvalue weighted by molar-refractivity contribution is -0.127. The molecule has 1 amide bonds. The molecule has 1 fully saturated rings. The summed E-state index contributed by atoms with van der Waals surface area (Å²) in [6.07, 6.45) is 6.96. The Labute approximate surface area is 121 Å². The fraction of sp³-hybridized carbons (Fsp3) is 0.231. The molecular weight excluding hydrogens is 274 g/mol. The molecule has 1 aliphatic rings. The molecule has 0 bridgehead atoms. The lowest BCUT2D eigenvalue weighted by atomic mass is 10.2.